The molecule has 90 valence electrons. The van der Waals surface area contributed by atoms with Crippen LogP contribution >= 0.6 is 0 Å². The van der Waals surface area contributed by atoms with Crippen LogP contribution in [0.5, 0.6) is 0 Å². The van der Waals surface area contributed by atoms with Gasteiger partial charge >= 0.3 is 0 Å². The van der Waals surface area contributed by atoms with Crippen LogP contribution in [-0.2, 0) is 4.74 Å². The first kappa shape index (κ1) is 13.0. The lowest BCUT2D eigenvalue weighted by atomic mass is 9.77. The average molecular weight is 214 g/mol. The molecule has 0 amide bonds. The van der Waals surface area contributed by atoms with Crippen LogP contribution in [0.15, 0.2) is 0 Å². The van der Waals surface area contributed by atoms with Crippen LogP contribution in [0.1, 0.15) is 46.5 Å². The Balaban J connectivity index is 2.47. The van der Waals surface area contributed by atoms with Crippen LogP contribution in [0.25, 0.3) is 0 Å². The van der Waals surface area contributed by atoms with Gasteiger partial charge in [0, 0.05) is 7.11 Å². The van der Waals surface area contributed by atoms with Crippen molar-refractivity contribution in [2.24, 2.45) is 17.8 Å². The Kier molecular flexibility index (Phi) is 5.07. The molecule has 2 heteroatoms. The van der Waals surface area contributed by atoms with Crippen molar-refractivity contribution in [2.45, 2.75) is 58.7 Å². The number of hydrogen-bond acceptors (Lipinski definition) is 2. The van der Waals surface area contributed by atoms with E-state index in [0.717, 1.165) is 18.8 Å². The third kappa shape index (κ3) is 3.46. The predicted octanol–water partition coefficient (Wildman–Crippen LogP) is 2.84. The summed E-state index contributed by atoms with van der Waals surface area (Å²) in [5.74, 6) is 1.69. The first-order chi connectivity index (χ1) is 7.06. The second-order valence-corrected chi connectivity index (χ2v) is 5.45. The molecule has 0 aromatic carbocycles. The fourth-order valence-corrected chi connectivity index (χ4v) is 2.70. The molecule has 1 saturated carbocycles. The molecule has 0 aromatic heterocycles. The lowest BCUT2D eigenvalue weighted by Crippen LogP contribution is -2.39. The van der Waals surface area contributed by atoms with Crippen LogP contribution in [0.3, 0.4) is 0 Å². The van der Waals surface area contributed by atoms with E-state index < -0.39 is 0 Å². The molecular weight excluding hydrogens is 188 g/mol. The molecule has 0 aromatic rings. The molecule has 1 aliphatic rings. The summed E-state index contributed by atoms with van der Waals surface area (Å²) < 4.78 is 5.40. The predicted molar refractivity (Wildman–Crippen MR) is 62.8 cm³/mol. The Morgan fingerprint density at radius 1 is 1.13 bits per heavy atom. The Labute approximate surface area is 94.0 Å². The first-order valence-corrected chi connectivity index (χ1v) is 6.27. The molecule has 0 radical (unpaired) electrons. The third-order valence-corrected chi connectivity index (χ3v) is 3.81. The maximum atomic E-state index is 10.3. The summed E-state index contributed by atoms with van der Waals surface area (Å²) in [7, 11) is 1.71. The zero-order chi connectivity index (χ0) is 11.4. The molecule has 0 spiro atoms. The summed E-state index contributed by atoms with van der Waals surface area (Å²) in [5, 5.41) is 10.3. The van der Waals surface area contributed by atoms with Crippen LogP contribution in [0.2, 0.25) is 0 Å². The SMILES string of the molecule is COC(C(C)C)C(O)C1CCC(C)CC1. The quantitative estimate of drug-likeness (QED) is 0.779. The molecule has 1 aliphatic carbocycles. The molecule has 1 fully saturated rings. The van der Waals surface area contributed by atoms with Gasteiger partial charge < -0.3 is 9.84 Å². The Morgan fingerprint density at radius 2 is 1.67 bits per heavy atom. The highest BCUT2D eigenvalue weighted by Crippen LogP contribution is 2.33. The van der Waals surface area contributed by atoms with Crippen molar-refractivity contribution in [3.8, 4) is 0 Å². The van der Waals surface area contributed by atoms with E-state index in [-0.39, 0.29) is 12.2 Å². The van der Waals surface area contributed by atoms with Crippen molar-refractivity contribution in [3.63, 3.8) is 0 Å². The van der Waals surface area contributed by atoms with E-state index in [9.17, 15) is 5.11 Å². The standard InChI is InChI=1S/C13H26O2/c1-9(2)13(15-4)12(14)11-7-5-10(3)6-8-11/h9-14H,5-8H2,1-4H3. The molecule has 15 heavy (non-hydrogen) atoms. The number of methoxy groups -OCH3 is 1. The molecule has 2 nitrogen and oxygen atoms in total. The van der Waals surface area contributed by atoms with E-state index in [1.165, 1.54) is 12.8 Å². The van der Waals surface area contributed by atoms with Gasteiger partial charge in [-0.05, 0) is 30.6 Å². The fraction of sp³-hybridized carbons (Fsp3) is 1.00. The van der Waals surface area contributed by atoms with E-state index in [0.29, 0.717) is 11.8 Å². The minimum Gasteiger partial charge on any atom is -0.390 e. The van der Waals surface area contributed by atoms with Crippen molar-refractivity contribution in [1.29, 1.82) is 0 Å². The zero-order valence-electron chi connectivity index (χ0n) is 10.6. The highest BCUT2D eigenvalue weighted by Gasteiger charge is 2.31. The van der Waals surface area contributed by atoms with Gasteiger partial charge in [-0.25, -0.2) is 0 Å². The van der Waals surface area contributed by atoms with E-state index in [1.807, 2.05) is 0 Å². The number of hydrogen-bond donors (Lipinski definition) is 1. The maximum Gasteiger partial charge on any atom is 0.0855 e. The van der Waals surface area contributed by atoms with E-state index in [2.05, 4.69) is 20.8 Å². The van der Waals surface area contributed by atoms with Gasteiger partial charge in [0.05, 0.1) is 12.2 Å². The van der Waals surface area contributed by atoms with Gasteiger partial charge in [-0.15, -0.1) is 0 Å². The molecule has 2 unspecified atom stereocenters. The monoisotopic (exact) mass is 214 g/mol. The highest BCUT2D eigenvalue weighted by atomic mass is 16.5. The van der Waals surface area contributed by atoms with Crippen LogP contribution in [0.4, 0.5) is 0 Å². The topological polar surface area (TPSA) is 29.5 Å². The second kappa shape index (κ2) is 5.86. The van der Waals surface area contributed by atoms with Crippen molar-refractivity contribution in [1.82, 2.24) is 0 Å². The molecule has 0 saturated heterocycles. The highest BCUT2D eigenvalue weighted by molar-refractivity contribution is 4.82. The number of aliphatic hydroxyl groups excluding tert-OH is 1. The molecule has 2 atom stereocenters. The normalized spacial score (nSPS) is 31.6. The summed E-state index contributed by atoms with van der Waals surface area (Å²) in [6, 6.07) is 0. The van der Waals surface area contributed by atoms with Crippen LogP contribution < -0.4 is 0 Å². The van der Waals surface area contributed by atoms with Crippen molar-refractivity contribution in [2.75, 3.05) is 7.11 Å². The fourth-order valence-electron chi connectivity index (χ4n) is 2.70. The van der Waals surface area contributed by atoms with Gasteiger partial charge in [0.2, 0.25) is 0 Å². The molecule has 0 heterocycles. The number of rotatable bonds is 4. The van der Waals surface area contributed by atoms with E-state index in [4.69, 9.17) is 4.74 Å². The van der Waals surface area contributed by atoms with Gasteiger partial charge in [0.25, 0.3) is 0 Å². The Bertz CT molecular complexity index is 171. The van der Waals surface area contributed by atoms with E-state index >= 15 is 0 Å². The van der Waals surface area contributed by atoms with Crippen molar-refractivity contribution in [3.05, 3.63) is 0 Å². The summed E-state index contributed by atoms with van der Waals surface area (Å²) in [5.41, 5.74) is 0. The second-order valence-electron chi connectivity index (χ2n) is 5.45. The smallest absolute Gasteiger partial charge is 0.0855 e. The lowest BCUT2D eigenvalue weighted by Gasteiger charge is -2.35. The zero-order valence-corrected chi connectivity index (χ0v) is 10.6. The maximum absolute atomic E-state index is 10.3. The largest absolute Gasteiger partial charge is 0.390 e. The average Bonchev–Trinajstić information content (AvgIpc) is 2.19. The first-order valence-electron chi connectivity index (χ1n) is 6.27. The summed E-state index contributed by atoms with van der Waals surface area (Å²) >= 11 is 0. The van der Waals surface area contributed by atoms with Crippen molar-refractivity contribution < 1.29 is 9.84 Å². The van der Waals surface area contributed by atoms with Gasteiger partial charge in [0.15, 0.2) is 0 Å². The molecule has 1 N–H and O–H groups in total. The molecule has 0 aliphatic heterocycles. The molecule has 0 bridgehead atoms. The van der Waals surface area contributed by atoms with E-state index in [1.54, 1.807) is 7.11 Å². The van der Waals surface area contributed by atoms with Crippen molar-refractivity contribution >= 4 is 0 Å². The lowest BCUT2D eigenvalue weighted by molar-refractivity contribution is -0.0722. The minimum absolute atomic E-state index is 0.00315. The Hall–Kier alpha value is -0.0800. The van der Waals surface area contributed by atoms with Crippen LogP contribution in [-0.4, -0.2) is 24.4 Å². The van der Waals surface area contributed by atoms with Gasteiger partial charge in [-0.1, -0.05) is 33.6 Å². The number of aliphatic hydroxyl groups is 1. The third-order valence-electron chi connectivity index (χ3n) is 3.81. The van der Waals surface area contributed by atoms with Gasteiger partial charge in [0.1, 0.15) is 0 Å². The number of ether oxygens (including phenoxy) is 1. The summed E-state index contributed by atoms with van der Waals surface area (Å²) in [6.07, 6.45) is 4.57. The van der Waals surface area contributed by atoms with Gasteiger partial charge in [-0.2, -0.15) is 0 Å². The molecule has 1 rings (SSSR count). The summed E-state index contributed by atoms with van der Waals surface area (Å²) in [6.45, 7) is 6.53. The van der Waals surface area contributed by atoms with Gasteiger partial charge in [-0.3, -0.25) is 0 Å². The summed E-state index contributed by atoms with van der Waals surface area (Å²) in [4.78, 5) is 0. The van der Waals surface area contributed by atoms with Crippen LogP contribution in [0, 0.1) is 17.8 Å². The Morgan fingerprint density at radius 3 is 2.07 bits per heavy atom. The minimum atomic E-state index is -0.275. The molecular formula is C13H26O2.